The summed E-state index contributed by atoms with van der Waals surface area (Å²) in [5.74, 6) is 2.83. The van der Waals surface area contributed by atoms with Crippen molar-refractivity contribution >= 4 is 0 Å². The molecule has 1 aromatic carbocycles. The molecule has 0 aliphatic rings. The molecule has 1 heterocycles. The normalized spacial score (nSPS) is 10.7. The lowest BCUT2D eigenvalue weighted by molar-refractivity contribution is -2.00. The van der Waals surface area contributed by atoms with Crippen molar-refractivity contribution in [2.24, 2.45) is 0 Å². The van der Waals surface area contributed by atoms with Crippen LogP contribution in [0.5, 0.6) is 5.75 Å². The van der Waals surface area contributed by atoms with Gasteiger partial charge in [0.05, 0.1) is 20.5 Å². The van der Waals surface area contributed by atoms with Crippen molar-refractivity contribution in [2.75, 3.05) is 7.11 Å². The van der Waals surface area contributed by atoms with Gasteiger partial charge >= 0.3 is 11.5 Å². The van der Waals surface area contributed by atoms with Crippen LogP contribution >= 0.6 is 0 Å². The predicted molar refractivity (Wildman–Crippen MR) is 68.4 cm³/mol. The van der Waals surface area contributed by atoms with Gasteiger partial charge in [-0.2, -0.15) is 0 Å². The number of benzene rings is 1. The SMILES string of the molecule is COc1ccc(Cc2cc(C)cc(C)[o+]2)cc1.[O-][Cl+3]([O-])([O-])[O-]. The highest BCUT2D eigenvalue weighted by molar-refractivity contribution is 5.30. The monoisotopic (exact) mass is 328 g/mol. The molecule has 0 spiro atoms. The summed E-state index contributed by atoms with van der Waals surface area (Å²) in [6, 6.07) is 12.2. The first-order chi connectivity index (χ1) is 10.2. The highest BCUT2D eigenvalue weighted by Gasteiger charge is 2.11. The molecule has 22 heavy (non-hydrogen) atoms. The molecule has 2 rings (SSSR count). The Balaban J connectivity index is 0.000000422. The third-order valence-corrected chi connectivity index (χ3v) is 2.65. The molecular weight excluding hydrogens is 312 g/mol. The lowest BCUT2D eigenvalue weighted by Crippen LogP contribution is -2.68. The van der Waals surface area contributed by atoms with Crippen LogP contribution in [-0.4, -0.2) is 7.11 Å². The number of hydrogen-bond donors (Lipinski definition) is 0. The fraction of sp³-hybridized carbons (Fsp3) is 0.267. The number of methoxy groups -OCH3 is 1. The number of aryl methyl sites for hydroxylation is 2. The van der Waals surface area contributed by atoms with E-state index in [0.717, 1.165) is 23.7 Å². The summed E-state index contributed by atoms with van der Waals surface area (Å²) in [7, 11) is -3.27. The van der Waals surface area contributed by atoms with Gasteiger partial charge in [0.15, 0.2) is 0 Å². The lowest BCUT2D eigenvalue weighted by Gasteiger charge is -2.17. The Bertz CT molecular complexity index is 566. The van der Waals surface area contributed by atoms with E-state index in [2.05, 4.69) is 25.1 Å². The molecule has 0 N–H and O–H groups in total. The van der Waals surface area contributed by atoms with Crippen molar-refractivity contribution in [1.29, 1.82) is 0 Å². The zero-order valence-electron chi connectivity index (χ0n) is 12.5. The molecule has 6 nitrogen and oxygen atoms in total. The molecule has 1 aromatic heterocycles. The second kappa shape index (κ2) is 8.07. The van der Waals surface area contributed by atoms with Gasteiger partial charge in [-0.25, -0.2) is 23.1 Å². The first-order valence-corrected chi connectivity index (χ1v) is 7.56. The van der Waals surface area contributed by atoms with E-state index in [0.29, 0.717) is 0 Å². The Morgan fingerprint density at radius 2 is 1.55 bits per heavy atom. The summed E-state index contributed by atoms with van der Waals surface area (Å²) in [5.41, 5.74) is 2.46. The van der Waals surface area contributed by atoms with Crippen LogP contribution in [0, 0.1) is 24.1 Å². The standard InChI is InChI=1S/C15H17O2.ClHO4/c1-11-8-12(2)17-15(9-11)10-13-4-6-14(16-3)7-5-13;2-1(3,4)5/h4-9H,10H2,1-3H3;(H,2,3,4,5)/q+1;/p-1. The van der Waals surface area contributed by atoms with E-state index in [-0.39, 0.29) is 0 Å². The summed E-state index contributed by atoms with van der Waals surface area (Å²) in [5, 5.41) is 0. The maximum Gasteiger partial charge on any atom is 0.334 e. The maximum atomic E-state index is 8.49. The van der Waals surface area contributed by atoms with Crippen molar-refractivity contribution < 1.29 is 38.0 Å². The topological polar surface area (TPSA) is 113 Å². The molecule has 0 amide bonds. The van der Waals surface area contributed by atoms with Gasteiger partial charge in [0.25, 0.3) is 0 Å². The lowest BCUT2D eigenvalue weighted by atomic mass is 10.1. The Morgan fingerprint density at radius 1 is 1.00 bits per heavy atom. The van der Waals surface area contributed by atoms with Gasteiger partial charge in [-0.15, -0.1) is 10.2 Å². The number of halogens is 1. The van der Waals surface area contributed by atoms with Crippen LogP contribution in [0.15, 0.2) is 40.8 Å². The number of hydrogen-bond acceptors (Lipinski definition) is 5. The Hall–Kier alpha value is -1.70. The predicted octanol–water partition coefficient (Wildman–Crippen LogP) is -0.979. The van der Waals surface area contributed by atoms with Gasteiger partial charge in [-0.1, -0.05) is 12.1 Å². The Morgan fingerprint density at radius 3 is 2.00 bits per heavy atom. The summed E-state index contributed by atoms with van der Waals surface area (Å²) in [6.07, 6.45) is 0.812. The van der Waals surface area contributed by atoms with Crippen LogP contribution in [0.25, 0.3) is 0 Å². The van der Waals surface area contributed by atoms with Crippen molar-refractivity contribution in [2.45, 2.75) is 20.3 Å². The Kier molecular flexibility index (Phi) is 6.73. The van der Waals surface area contributed by atoms with Gasteiger partial charge in [0, 0.05) is 12.1 Å². The summed E-state index contributed by atoms with van der Waals surface area (Å²) < 4.78 is 44.8. The quantitative estimate of drug-likeness (QED) is 0.669. The minimum atomic E-state index is -4.94. The molecule has 2 aromatic rings. The maximum absolute atomic E-state index is 8.49. The van der Waals surface area contributed by atoms with Crippen molar-refractivity contribution in [3.05, 3.63) is 59.0 Å². The van der Waals surface area contributed by atoms with E-state index in [1.807, 2.05) is 25.1 Å². The zero-order valence-corrected chi connectivity index (χ0v) is 13.3. The molecule has 0 unspecified atom stereocenters. The van der Waals surface area contributed by atoms with Gasteiger partial charge < -0.3 is 4.74 Å². The van der Waals surface area contributed by atoms with Crippen LogP contribution in [0.4, 0.5) is 0 Å². The molecule has 0 aliphatic carbocycles. The average molecular weight is 329 g/mol. The highest BCUT2D eigenvalue weighted by atomic mass is 35.7. The van der Waals surface area contributed by atoms with E-state index < -0.39 is 10.2 Å². The molecule has 0 saturated carbocycles. The summed E-state index contributed by atoms with van der Waals surface area (Å²) in [4.78, 5) is 0. The molecule has 7 heteroatoms. The van der Waals surface area contributed by atoms with Crippen molar-refractivity contribution in [3.63, 3.8) is 0 Å². The third-order valence-electron chi connectivity index (χ3n) is 2.65. The molecule has 0 fully saturated rings. The molecule has 0 atom stereocenters. The third kappa shape index (κ3) is 7.92. The van der Waals surface area contributed by atoms with Crippen LogP contribution in [0.3, 0.4) is 0 Å². The van der Waals surface area contributed by atoms with E-state index >= 15 is 0 Å². The molecule has 0 aliphatic heterocycles. The fourth-order valence-electron chi connectivity index (χ4n) is 1.91. The first kappa shape index (κ1) is 18.3. The minimum Gasteiger partial charge on any atom is -0.497 e. The smallest absolute Gasteiger partial charge is 0.334 e. The molecule has 0 saturated heterocycles. The number of ether oxygens (including phenoxy) is 1. The second-order valence-electron chi connectivity index (χ2n) is 4.61. The van der Waals surface area contributed by atoms with Crippen LogP contribution in [-0.2, 0) is 6.42 Å². The average Bonchev–Trinajstić information content (AvgIpc) is 2.36. The summed E-state index contributed by atoms with van der Waals surface area (Å²) >= 11 is 0. The largest absolute Gasteiger partial charge is 0.497 e. The van der Waals surface area contributed by atoms with E-state index in [9.17, 15) is 0 Å². The summed E-state index contributed by atoms with van der Waals surface area (Å²) in [6.45, 7) is 4.06. The number of rotatable bonds is 3. The highest BCUT2D eigenvalue weighted by Crippen LogP contribution is 2.16. The first-order valence-electron chi connectivity index (χ1n) is 6.32. The van der Waals surface area contributed by atoms with Gasteiger partial charge in [-0.3, -0.25) is 0 Å². The van der Waals surface area contributed by atoms with Crippen LogP contribution in [0.1, 0.15) is 22.6 Å². The second-order valence-corrected chi connectivity index (χ2v) is 5.37. The zero-order chi connectivity index (χ0) is 16.8. The Labute approximate surface area is 131 Å². The van der Waals surface area contributed by atoms with Gasteiger partial charge in [0.2, 0.25) is 0 Å². The van der Waals surface area contributed by atoms with Crippen molar-refractivity contribution in [3.8, 4) is 5.75 Å². The van der Waals surface area contributed by atoms with Gasteiger partial charge in [-0.05, 0) is 30.2 Å². The van der Waals surface area contributed by atoms with Crippen LogP contribution in [0.2, 0.25) is 0 Å². The molecule has 120 valence electrons. The fourth-order valence-corrected chi connectivity index (χ4v) is 1.91. The van der Waals surface area contributed by atoms with Crippen LogP contribution < -0.4 is 23.4 Å². The molecule has 0 bridgehead atoms. The van der Waals surface area contributed by atoms with E-state index in [1.165, 1.54) is 11.1 Å². The van der Waals surface area contributed by atoms with Gasteiger partial charge in [0.1, 0.15) is 5.75 Å². The minimum absolute atomic E-state index is 0.812. The van der Waals surface area contributed by atoms with E-state index in [1.54, 1.807) is 7.11 Å². The van der Waals surface area contributed by atoms with E-state index in [4.69, 9.17) is 27.8 Å². The molecular formula is C15H17ClO6. The molecule has 0 radical (unpaired) electrons. The van der Waals surface area contributed by atoms with Crippen molar-refractivity contribution in [1.82, 2.24) is 0 Å².